The van der Waals surface area contributed by atoms with Crippen LogP contribution in [0.4, 0.5) is 0 Å². The first kappa shape index (κ1) is 27.5. The van der Waals surface area contributed by atoms with Gasteiger partial charge in [-0.3, -0.25) is 9.59 Å². The van der Waals surface area contributed by atoms with Gasteiger partial charge in [-0.2, -0.15) is 0 Å². The second-order valence-electron chi connectivity index (χ2n) is 7.70. The van der Waals surface area contributed by atoms with E-state index in [0.717, 1.165) is 25.3 Å². The lowest BCUT2D eigenvalue weighted by Gasteiger charge is -2.31. The number of primary amides is 2. The third-order valence-corrected chi connectivity index (χ3v) is 5.13. The summed E-state index contributed by atoms with van der Waals surface area (Å²) in [6.07, 6.45) is 9.69. The number of aliphatic hydroxyl groups excluding tert-OH is 3. The van der Waals surface area contributed by atoms with Gasteiger partial charge in [0.1, 0.15) is 12.2 Å². The van der Waals surface area contributed by atoms with Crippen molar-refractivity contribution in [3.63, 3.8) is 0 Å². The maximum Gasteiger partial charge on any atom is 0.256 e. The van der Waals surface area contributed by atoms with Crippen LogP contribution in [-0.2, 0) is 9.59 Å². The molecular formula is C21H40N2O6. The number of carbonyl (C=O) groups excluding carboxylic acids is 2. The van der Waals surface area contributed by atoms with Crippen molar-refractivity contribution >= 4 is 11.8 Å². The first-order chi connectivity index (χ1) is 13.7. The first-order valence-electron chi connectivity index (χ1n) is 10.7. The molecule has 29 heavy (non-hydrogen) atoms. The molecular weight excluding hydrogens is 376 g/mol. The monoisotopic (exact) mass is 416 g/mol. The highest BCUT2D eigenvalue weighted by Gasteiger charge is 2.46. The number of rotatable bonds is 18. The molecule has 0 saturated carbocycles. The number of unbranched alkanes of at least 4 members (excludes halogenated alkanes) is 11. The average molecular weight is 417 g/mol. The summed E-state index contributed by atoms with van der Waals surface area (Å²) < 4.78 is 0. The van der Waals surface area contributed by atoms with Gasteiger partial charge in [0.05, 0.1) is 0 Å². The van der Waals surface area contributed by atoms with Crippen LogP contribution in [0.5, 0.6) is 0 Å². The standard InChI is InChI=1S/C21H40N2O6/c1-2-3-4-5-6-7-8-9-10-11-12-13-14-15-21(29,20(23)28)18(26)16(24)17(25)19(22)27/h14-18,24-26,29H,2-13H2,1H3,(H2,22,27)(H2,23,28)/b15-14+. The molecule has 0 aliphatic carbocycles. The van der Waals surface area contributed by atoms with Crippen molar-refractivity contribution in [3.8, 4) is 0 Å². The first-order valence-corrected chi connectivity index (χ1v) is 10.7. The zero-order chi connectivity index (χ0) is 22.3. The second-order valence-corrected chi connectivity index (χ2v) is 7.70. The fourth-order valence-corrected chi connectivity index (χ4v) is 3.12. The Morgan fingerprint density at radius 2 is 1.31 bits per heavy atom. The van der Waals surface area contributed by atoms with Gasteiger partial charge in [0.2, 0.25) is 5.91 Å². The quantitative estimate of drug-likeness (QED) is 0.144. The zero-order valence-corrected chi connectivity index (χ0v) is 17.6. The van der Waals surface area contributed by atoms with Gasteiger partial charge in [0, 0.05) is 0 Å². The molecule has 0 rings (SSSR count). The van der Waals surface area contributed by atoms with Crippen molar-refractivity contribution < 1.29 is 30.0 Å². The number of nitrogens with two attached hydrogens (primary N) is 2. The molecule has 4 atom stereocenters. The lowest BCUT2D eigenvalue weighted by atomic mass is 9.88. The average Bonchev–Trinajstić information content (AvgIpc) is 2.69. The summed E-state index contributed by atoms with van der Waals surface area (Å²) in [6, 6.07) is 0. The highest BCUT2D eigenvalue weighted by Crippen LogP contribution is 2.19. The summed E-state index contributed by atoms with van der Waals surface area (Å²) in [6.45, 7) is 2.21. The Bertz CT molecular complexity index is 500. The summed E-state index contributed by atoms with van der Waals surface area (Å²) in [5.41, 5.74) is 7.35. The van der Waals surface area contributed by atoms with Gasteiger partial charge in [0.15, 0.2) is 11.7 Å². The van der Waals surface area contributed by atoms with Gasteiger partial charge >= 0.3 is 0 Å². The highest BCUT2D eigenvalue weighted by atomic mass is 16.4. The van der Waals surface area contributed by atoms with Crippen molar-refractivity contribution in [3.05, 3.63) is 12.2 Å². The molecule has 0 saturated heterocycles. The van der Waals surface area contributed by atoms with Crippen LogP contribution in [0.1, 0.15) is 84.0 Å². The van der Waals surface area contributed by atoms with Gasteiger partial charge in [-0.25, -0.2) is 0 Å². The molecule has 0 bridgehead atoms. The van der Waals surface area contributed by atoms with Crippen molar-refractivity contribution in [2.45, 2.75) is 108 Å². The third-order valence-electron chi connectivity index (χ3n) is 5.13. The van der Waals surface area contributed by atoms with Crippen molar-refractivity contribution in [1.29, 1.82) is 0 Å². The molecule has 0 fully saturated rings. The van der Waals surface area contributed by atoms with Crippen LogP contribution >= 0.6 is 0 Å². The Morgan fingerprint density at radius 3 is 1.72 bits per heavy atom. The summed E-state index contributed by atoms with van der Waals surface area (Å²) in [4.78, 5) is 22.5. The molecule has 0 spiro atoms. The molecule has 2 amide bonds. The minimum atomic E-state index is -2.62. The summed E-state index contributed by atoms with van der Waals surface area (Å²) >= 11 is 0. The Labute approximate surface area is 174 Å². The number of amides is 2. The van der Waals surface area contributed by atoms with Crippen molar-refractivity contribution in [2.24, 2.45) is 11.5 Å². The van der Waals surface area contributed by atoms with E-state index in [1.54, 1.807) is 0 Å². The van der Waals surface area contributed by atoms with Crippen LogP contribution < -0.4 is 11.5 Å². The molecule has 8 N–H and O–H groups in total. The van der Waals surface area contributed by atoms with Gasteiger partial charge in [-0.15, -0.1) is 0 Å². The van der Waals surface area contributed by atoms with E-state index in [-0.39, 0.29) is 0 Å². The Balaban J connectivity index is 4.19. The van der Waals surface area contributed by atoms with Crippen molar-refractivity contribution in [2.75, 3.05) is 0 Å². The molecule has 170 valence electrons. The largest absolute Gasteiger partial charge is 0.387 e. The van der Waals surface area contributed by atoms with E-state index in [9.17, 15) is 30.0 Å². The van der Waals surface area contributed by atoms with E-state index in [1.807, 2.05) is 0 Å². The van der Waals surface area contributed by atoms with Gasteiger partial charge in [-0.1, -0.05) is 77.2 Å². The molecule has 8 nitrogen and oxygen atoms in total. The predicted molar refractivity (Wildman–Crippen MR) is 112 cm³/mol. The summed E-state index contributed by atoms with van der Waals surface area (Å²) in [5.74, 6) is -2.61. The molecule has 0 aromatic rings. The lowest BCUT2D eigenvalue weighted by molar-refractivity contribution is -0.164. The molecule has 0 aliphatic rings. The van der Waals surface area contributed by atoms with E-state index in [0.29, 0.717) is 6.42 Å². The minimum Gasteiger partial charge on any atom is -0.387 e. The summed E-state index contributed by atoms with van der Waals surface area (Å²) in [5, 5.41) is 39.5. The maximum absolute atomic E-state index is 11.6. The van der Waals surface area contributed by atoms with Crippen LogP contribution in [0.3, 0.4) is 0 Å². The van der Waals surface area contributed by atoms with Crippen LogP contribution in [0, 0.1) is 0 Å². The van der Waals surface area contributed by atoms with E-state index < -0.39 is 35.7 Å². The fourth-order valence-electron chi connectivity index (χ4n) is 3.12. The summed E-state index contributed by atoms with van der Waals surface area (Å²) in [7, 11) is 0. The van der Waals surface area contributed by atoms with Gasteiger partial charge < -0.3 is 31.9 Å². The zero-order valence-electron chi connectivity index (χ0n) is 17.6. The molecule has 8 heteroatoms. The fraction of sp³-hybridized carbons (Fsp3) is 0.810. The maximum atomic E-state index is 11.6. The minimum absolute atomic E-state index is 0.549. The van der Waals surface area contributed by atoms with Gasteiger partial charge in [-0.05, 0) is 18.9 Å². The van der Waals surface area contributed by atoms with Gasteiger partial charge in [0.25, 0.3) is 5.91 Å². The molecule has 4 unspecified atom stereocenters. The topological polar surface area (TPSA) is 167 Å². The van der Waals surface area contributed by atoms with E-state index in [1.165, 1.54) is 57.4 Å². The Morgan fingerprint density at radius 1 is 0.862 bits per heavy atom. The molecule has 0 aromatic carbocycles. The number of hydrogen-bond acceptors (Lipinski definition) is 6. The molecule has 0 aromatic heterocycles. The molecule has 0 aliphatic heterocycles. The number of allylic oxidation sites excluding steroid dienone is 1. The normalized spacial score (nSPS) is 17.0. The van der Waals surface area contributed by atoms with E-state index in [2.05, 4.69) is 6.92 Å². The molecule has 0 radical (unpaired) electrons. The third kappa shape index (κ3) is 10.7. The Kier molecular flexibility index (Phi) is 14.6. The number of hydrogen-bond donors (Lipinski definition) is 6. The Hall–Kier alpha value is -1.48. The van der Waals surface area contributed by atoms with E-state index in [4.69, 9.17) is 11.5 Å². The highest BCUT2D eigenvalue weighted by molar-refractivity contribution is 5.87. The number of carbonyl (C=O) groups is 2. The smallest absolute Gasteiger partial charge is 0.256 e. The van der Waals surface area contributed by atoms with Crippen LogP contribution in [0.15, 0.2) is 12.2 Å². The van der Waals surface area contributed by atoms with Crippen LogP contribution in [0.25, 0.3) is 0 Å². The van der Waals surface area contributed by atoms with Crippen LogP contribution in [0.2, 0.25) is 0 Å². The van der Waals surface area contributed by atoms with Crippen molar-refractivity contribution in [1.82, 2.24) is 0 Å². The lowest BCUT2D eigenvalue weighted by Crippen LogP contribution is -2.60. The van der Waals surface area contributed by atoms with Crippen LogP contribution in [-0.4, -0.2) is 56.2 Å². The van der Waals surface area contributed by atoms with E-state index >= 15 is 0 Å². The number of aliphatic hydroxyl groups is 4. The second kappa shape index (κ2) is 15.4. The molecule has 0 heterocycles. The SMILES string of the molecule is CCCCCCCCCCCCC/C=C/C(O)(C(N)=O)C(O)C(O)C(O)C(N)=O. The predicted octanol–water partition coefficient (Wildman–Crippen LogP) is 1.03.